The van der Waals surface area contributed by atoms with Gasteiger partial charge < -0.3 is 9.80 Å². The Balaban J connectivity index is 1.59. The lowest BCUT2D eigenvalue weighted by Crippen LogP contribution is -2.51. The molecule has 0 atom stereocenters. The molecule has 3 heterocycles. The predicted octanol–water partition coefficient (Wildman–Crippen LogP) is 3.32. The first kappa shape index (κ1) is 16.8. The van der Waals surface area contributed by atoms with Crippen LogP contribution < -0.4 is 4.90 Å². The van der Waals surface area contributed by atoms with Crippen LogP contribution in [0.3, 0.4) is 0 Å². The minimum Gasteiger partial charge on any atom is -0.352 e. The predicted molar refractivity (Wildman–Crippen MR) is 102 cm³/mol. The molecular weight excluding hydrogens is 332 g/mol. The van der Waals surface area contributed by atoms with E-state index in [9.17, 15) is 4.79 Å². The van der Waals surface area contributed by atoms with Crippen LogP contribution in [-0.2, 0) is 11.2 Å². The van der Waals surface area contributed by atoms with Crippen molar-refractivity contribution in [2.45, 2.75) is 46.5 Å². The van der Waals surface area contributed by atoms with Gasteiger partial charge in [0.25, 0.3) is 0 Å². The Kier molecular flexibility index (Phi) is 4.40. The van der Waals surface area contributed by atoms with E-state index in [4.69, 9.17) is 9.97 Å². The quantitative estimate of drug-likeness (QED) is 0.844. The highest BCUT2D eigenvalue weighted by Gasteiger charge is 2.32. The molecule has 0 radical (unpaired) electrons. The molecule has 1 saturated carbocycles. The largest absolute Gasteiger partial charge is 0.352 e. The second-order valence-corrected chi connectivity index (χ2v) is 8.42. The van der Waals surface area contributed by atoms with E-state index in [1.807, 2.05) is 0 Å². The molecule has 2 aliphatic rings. The summed E-state index contributed by atoms with van der Waals surface area (Å²) in [5.41, 5.74) is 1.30. The van der Waals surface area contributed by atoms with Gasteiger partial charge >= 0.3 is 0 Å². The third-order valence-electron chi connectivity index (χ3n) is 5.72. The zero-order chi connectivity index (χ0) is 17.6. The first-order valence-corrected chi connectivity index (χ1v) is 10.2. The number of anilines is 1. The summed E-state index contributed by atoms with van der Waals surface area (Å²) < 4.78 is 0. The van der Waals surface area contributed by atoms with E-state index in [1.165, 1.54) is 22.2 Å². The first-order chi connectivity index (χ1) is 12.1. The Morgan fingerprint density at radius 2 is 1.88 bits per heavy atom. The van der Waals surface area contributed by atoms with Crippen molar-refractivity contribution in [2.24, 2.45) is 5.92 Å². The number of nitrogens with zero attached hydrogens (tertiary/aromatic N) is 4. The zero-order valence-corrected chi connectivity index (χ0v) is 16.2. The molecule has 1 saturated heterocycles. The molecule has 1 amide bonds. The number of carbonyl (C=O) groups is 1. The van der Waals surface area contributed by atoms with Gasteiger partial charge in [-0.15, -0.1) is 11.3 Å². The van der Waals surface area contributed by atoms with Crippen molar-refractivity contribution in [3.8, 4) is 0 Å². The van der Waals surface area contributed by atoms with E-state index in [2.05, 4.69) is 30.6 Å². The highest BCUT2D eigenvalue weighted by molar-refractivity contribution is 7.18. The molecule has 134 valence electrons. The fraction of sp³-hybridized carbons (Fsp3) is 0.632. The van der Waals surface area contributed by atoms with Crippen LogP contribution in [-0.4, -0.2) is 47.0 Å². The highest BCUT2D eigenvalue weighted by atomic mass is 32.1. The van der Waals surface area contributed by atoms with Gasteiger partial charge in [0.05, 0.1) is 5.39 Å². The number of carbonyl (C=O) groups excluding carboxylic acids is 1. The maximum absolute atomic E-state index is 12.5. The smallest absolute Gasteiger partial charge is 0.225 e. The summed E-state index contributed by atoms with van der Waals surface area (Å²) in [5, 5.41) is 1.21. The van der Waals surface area contributed by atoms with Crippen LogP contribution in [0, 0.1) is 19.8 Å². The van der Waals surface area contributed by atoms with Crippen LogP contribution in [0.25, 0.3) is 10.2 Å². The number of aryl methyl sites for hydroxylation is 3. The second kappa shape index (κ2) is 6.56. The van der Waals surface area contributed by atoms with E-state index >= 15 is 0 Å². The lowest BCUT2D eigenvalue weighted by Gasteiger charge is -2.39. The van der Waals surface area contributed by atoms with Crippen LogP contribution in [0.1, 0.15) is 42.5 Å². The summed E-state index contributed by atoms with van der Waals surface area (Å²) in [4.78, 5) is 28.9. The van der Waals surface area contributed by atoms with Crippen LogP contribution in [0.4, 0.5) is 5.82 Å². The van der Waals surface area contributed by atoms with E-state index in [0.717, 1.165) is 61.9 Å². The molecule has 5 nitrogen and oxygen atoms in total. The van der Waals surface area contributed by atoms with E-state index in [-0.39, 0.29) is 0 Å². The van der Waals surface area contributed by atoms with Crippen molar-refractivity contribution >= 4 is 33.3 Å². The van der Waals surface area contributed by atoms with Crippen molar-refractivity contribution < 1.29 is 4.79 Å². The summed E-state index contributed by atoms with van der Waals surface area (Å²) in [6.07, 6.45) is 4.22. The van der Waals surface area contributed by atoms with Gasteiger partial charge in [-0.05, 0) is 32.3 Å². The molecule has 0 bridgehead atoms. The fourth-order valence-corrected chi connectivity index (χ4v) is 4.75. The van der Waals surface area contributed by atoms with Crippen LogP contribution in [0.5, 0.6) is 0 Å². The summed E-state index contributed by atoms with van der Waals surface area (Å²) in [6.45, 7) is 9.78. The number of hydrogen-bond donors (Lipinski definition) is 0. The Hall–Kier alpha value is -1.69. The first-order valence-electron chi connectivity index (χ1n) is 9.38. The van der Waals surface area contributed by atoms with Gasteiger partial charge in [-0.2, -0.15) is 0 Å². The monoisotopic (exact) mass is 358 g/mol. The van der Waals surface area contributed by atoms with Gasteiger partial charge in [-0.1, -0.05) is 13.3 Å². The average molecular weight is 359 g/mol. The molecule has 6 heteroatoms. The summed E-state index contributed by atoms with van der Waals surface area (Å²) in [5.74, 6) is 2.65. The van der Waals surface area contributed by atoms with E-state index < -0.39 is 0 Å². The molecule has 4 rings (SSSR count). The number of rotatable bonds is 3. The number of piperazine rings is 1. The fourth-order valence-electron chi connectivity index (χ4n) is 3.71. The molecule has 25 heavy (non-hydrogen) atoms. The Morgan fingerprint density at radius 1 is 1.16 bits per heavy atom. The summed E-state index contributed by atoms with van der Waals surface area (Å²) in [6, 6.07) is 0. The van der Waals surface area contributed by atoms with Gasteiger partial charge in [-0.25, -0.2) is 9.97 Å². The molecular formula is C19H26N4OS. The maximum Gasteiger partial charge on any atom is 0.225 e. The second-order valence-electron chi connectivity index (χ2n) is 7.22. The van der Waals surface area contributed by atoms with Gasteiger partial charge in [-0.3, -0.25) is 4.79 Å². The minimum atomic E-state index is 0.297. The molecule has 2 aromatic heterocycles. The summed E-state index contributed by atoms with van der Waals surface area (Å²) in [7, 11) is 0. The topological polar surface area (TPSA) is 49.3 Å². The van der Waals surface area contributed by atoms with Crippen molar-refractivity contribution in [1.82, 2.24) is 14.9 Å². The Morgan fingerprint density at radius 3 is 2.48 bits per heavy atom. The lowest BCUT2D eigenvalue weighted by molar-refractivity contribution is -0.138. The van der Waals surface area contributed by atoms with E-state index in [1.54, 1.807) is 11.3 Å². The van der Waals surface area contributed by atoms with Crippen molar-refractivity contribution in [3.63, 3.8) is 0 Å². The minimum absolute atomic E-state index is 0.297. The van der Waals surface area contributed by atoms with Crippen LogP contribution >= 0.6 is 11.3 Å². The average Bonchev–Trinajstić information content (AvgIpc) is 2.87. The number of amides is 1. The molecule has 1 aliphatic heterocycles. The Bertz CT molecular complexity index is 803. The lowest BCUT2D eigenvalue weighted by atomic mass is 9.84. The number of fused-ring (bicyclic) bond motifs is 1. The molecule has 2 aromatic rings. The zero-order valence-electron chi connectivity index (χ0n) is 15.3. The number of hydrogen-bond acceptors (Lipinski definition) is 5. The standard InChI is InChI=1S/C19H26N4OS/c1-4-15-20-17(16-12(2)13(3)25-18(16)21-15)22-8-10-23(11-9-22)19(24)14-6-5-7-14/h14H,4-11H2,1-3H3. The number of thiophene rings is 1. The molecule has 0 aromatic carbocycles. The van der Waals surface area contributed by atoms with Gasteiger partial charge in [0.1, 0.15) is 16.5 Å². The van der Waals surface area contributed by atoms with Crippen molar-refractivity contribution in [1.29, 1.82) is 0 Å². The normalized spacial score (nSPS) is 18.7. The third kappa shape index (κ3) is 2.90. The van der Waals surface area contributed by atoms with Gasteiger partial charge in [0.2, 0.25) is 5.91 Å². The Labute approximate surface area is 153 Å². The maximum atomic E-state index is 12.5. The molecule has 2 fully saturated rings. The van der Waals surface area contributed by atoms with Crippen molar-refractivity contribution in [3.05, 3.63) is 16.3 Å². The van der Waals surface area contributed by atoms with Gasteiger partial charge in [0, 0.05) is 43.4 Å². The molecule has 0 unspecified atom stereocenters. The number of aromatic nitrogens is 2. The van der Waals surface area contributed by atoms with Crippen LogP contribution in [0.15, 0.2) is 0 Å². The van der Waals surface area contributed by atoms with E-state index in [0.29, 0.717) is 11.8 Å². The molecule has 1 aliphatic carbocycles. The third-order valence-corrected chi connectivity index (χ3v) is 6.82. The SMILES string of the molecule is CCc1nc(N2CCN(C(=O)C3CCC3)CC2)c2c(C)c(C)sc2n1. The molecule has 0 N–H and O–H groups in total. The van der Waals surface area contributed by atoms with Crippen LogP contribution in [0.2, 0.25) is 0 Å². The molecule has 0 spiro atoms. The highest BCUT2D eigenvalue weighted by Crippen LogP contribution is 2.35. The summed E-state index contributed by atoms with van der Waals surface area (Å²) >= 11 is 1.76. The van der Waals surface area contributed by atoms with Gasteiger partial charge in [0.15, 0.2) is 0 Å². The van der Waals surface area contributed by atoms with Crippen molar-refractivity contribution in [2.75, 3.05) is 31.1 Å².